The van der Waals surface area contributed by atoms with Crippen LogP contribution in [0.5, 0.6) is 0 Å². The van der Waals surface area contributed by atoms with Gasteiger partial charge in [-0.15, -0.1) is 12.4 Å². The molecule has 2 aromatic carbocycles. The fourth-order valence-electron chi connectivity index (χ4n) is 3.84. The number of carbonyl (C=O) groups excluding carboxylic acids is 1. The molecule has 1 saturated heterocycles. The molecule has 2 aromatic rings. The summed E-state index contributed by atoms with van der Waals surface area (Å²) >= 11 is 0. The monoisotopic (exact) mass is 382 g/mol. The number of anilines is 1. The highest BCUT2D eigenvalue weighted by Gasteiger charge is 2.52. The van der Waals surface area contributed by atoms with Crippen molar-refractivity contribution in [1.29, 1.82) is 0 Å². The molecule has 7 heteroatoms. The molecule has 4 rings (SSSR count). The number of nitrogens with zero attached hydrogens (tertiary/aromatic N) is 1. The summed E-state index contributed by atoms with van der Waals surface area (Å²) in [6.07, 6.45) is -3.61. The van der Waals surface area contributed by atoms with Crippen LogP contribution >= 0.6 is 12.4 Å². The van der Waals surface area contributed by atoms with Crippen molar-refractivity contribution in [2.24, 2.45) is 0 Å². The smallest absolute Gasteiger partial charge is 0.315 e. The van der Waals surface area contributed by atoms with E-state index in [0.29, 0.717) is 12.1 Å². The Kier molecular flexibility index (Phi) is 4.75. The Labute approximate surface area is 155 Å². The van der Waals surface area contributed by atoms with E-state index in [-0.39, 0.29) is 24.9 Å². The maximum Gasteiger partial charge on any atom is 0.416 e. The number of para-hydroxylation sites is 1. The predicted octanol–water partition coefficient (Wildman–Crippen LogP) is 3.91. The van der Waals surface area contributed by atoms with Gasteiger partial charge in [-0.05, 0) is 42.3 Å². The van der Waals surface area contributed by atoms with Gasteiger partial charge in [-0.3, -0.25) is 4.79 Å². The number of fused-ring (bicyclic) bond motifs is 2. The summed E-state index contributed by atoms with van der Waals surface area (Å²) in [5.41, 5.74) is 1.33. The van der Waals surface area contributed by atoms with Crippen molar-refractivity contribution in [3.63, 3.8) is 0 Å². The molecule has 3 nitrogen and oxygen atoms in total. The van der Waals surface area contributed by atoms with Crippen LogP contribution in [-0.2, 0) is 22.9 Å². The Morgan fingerprint density at radius 3 is 2.38 bits per heavy atom. The normalized spacial score (nSPS) is 21.8. The molecule has 1 fully saturated rings. The molecule has 138 valence electrons. The molecule has 26 heavy (non-hydrogen) atoms. The molecule has 0 radical (unpaired) electrons. The van der Waals surface area contributed by atoms with E-state index in [1.165, 1.54) is 12.1 Å². The molecule has 2 aliphatic rings. The van der Waals surface area contributed by atoms with E-state index >= 15 is 0 Å². The van der Waals surface area contributed by atoms with Crippen LogP contribution in [0, 0.1) is 0 Å². The lowest BCUT2D eigenvalue weighted by Gasteiger charge is -2.23. The second-order valence-electron chi connectivity index (χ2n) is 6.61. The molecule has 1 atom stereocenters. The van der Waals surface area contributed by atoms with Crippen LogP contribution in [0.4, 0.5) is 18.9 Å². The number of amides is 1. The molecule has 0 aromatic heterocycles. The summed E-state index contributed by atoms with van der Waals surface area (Å²) in [6, 6.07) is 12.7. The lowest BCUT2D eigenvalue weighted by atomic mass is 9.81. The minimum absolute atomic E-state index is 0. The molecule has 0 saturated carbocycles. The number of benzene rings is 2. The number of hydrogen-bond acceptors (Lipinski definition) is 2. The molecular weight excluding hydrogens is 365 g/mol. The Balaban J connectivity index is 0.00000196. The summed E-state index contributed by atoms with van der Waals surface area (Å²) in [4.78, 5) is 14.8. The maximum absolute atomic E-state index is 13.1. The third-order valence-electron chi connectivity index (χ3n) is 5.14. The molecule has 1 N–H and O–H groups in total. The first-order valence-corrected chi connectivity index (χ1v) is 8.20. The number of halogens is 4. The van der Waals surface area contributed by atoms with Crippen LogP contribution < -0.4 is 10.2 Å². The lowest BCUT2D eigenvalue weighted by Crippen LogP contribution is -2.41. The minimum atomic E-state index is -4.35. The zero-order valence-electron chi connectivity index (χ0n) is 13.8. The van der Waals surface area contributed by atoms with Crippen LogP contribution in [-0.4, -0.2) is 19.0 Å². The Bertz CT molecular complexity index is 814. The zero-order valence-corrected chi connectivity index (χ0v) is 14.7. The van der Waals surface area contributed by atoms with E-state index in [2.05, 4.69) is 5.32 Å². The second kappa shape index (κ2) is 6.59. The highest BCUT2D eigenvalue weighted by molar-refractivity contribution is 6.08. The van der Waals surface area contributed by atoms with E-state index < -0.39 is 17.2 Å². The highest BCUT2D eigenvalue weighted by Crippen LogP contribution is 2.45. The summed E-state index contributed by atoms with van der Waals surface area (Å²) < 4.78 is 38.1. The van der Waals surface area contributed by atoms with E-state index in [0.717, 1.165) is 36.3 Å². The van der Waals surface area contributed by atoms with Gasteiger partial charge >= 0.3 is 6.18 Å². The van der Waals surface area contributed by atoms with Crippen LogP contribution in [0.1, 0.15) is 23.1 Å². The van der Waals surface area contributed by atoms with Gasteiger partial charge in [0.25, 0.3) is 0 Å². The largest absolute Gasteiger partial charge is 0.416 e. The van der Waals surface area contributed by atoms with Gasteiger partial charge in [-0.25, -0.2) is 0 Å². The topological polar surface area (TPSA) is 32.3 Å². The third-order valence-corrected chi connectivity index (χ3v) is 5.14. The van der Waals surface area contributed by atoms with Crippen molar-refractivity contribution in [3.8, 4) is 0 Å². The maximum atomic E-state index is 13.1. The molecule has 2 aliphatic heterocycles. The van der Waals surface area contributed by atoms with Crippen LogP contribution in [0.25, 0.3) is 0 Å². The molecule has 0 aliphatic carbocycles. The SMILES string of the molecule is Cl.O=C1N(Cc2ccc(C(F)(F)F)cc2)c2ccccc2C12CCNC2. The summed E-state index contributed by atoms with van der Waals surface area (Å²) in [6.45, 7) is 1.66. The van der Waals surface area contributed by atoms with Gasteiger partial charge in [0.2, 0.25) is 5.91 Å². The average molecular weight is 383 g/mol. The zero-order chi connectivity index (χ0) is 17.7. The van der Waals surface area contributed by atoms with Gasteiger partial charge in [0.1, 0.15) is 0 Å². The summed E-state index contributed by atoms with van der Waals surface area (Å²) in [5, 5.41) is 3.26. The Hall–Kier alpha value is -2.05. The van der Waals surface area contributed by atoms with Crippen molar-refractivity contribution in [2.75, 3.05) is 18.0 Å². The minimum Gasteiger partial charge on any atom is -0.315 e. The van der Waals surface area contributed by atoms with Crippen LogP contribution in [0.3, 0.4) is 0 Å². The number of nitrogens with one attached hydrogen (secondary N) is 1. The molecule has 1 unspecified atom stereocenters. The Morgan fingerprint density at radius 1 is 1.08 bits per heavy atom. The number of rotatable bonds is 2. The number of hydrogen-bond donors (Lipinski definition) is 1. The van der Waals surface area contributed by atoms with E-state index in [1.54, 1.807) is 4.90 Å². The van der Waals surface area contributed by atoms with Gasteiger partial charge in [0.05, 0.1) is 17.5 Å². The molecule has 2 heterocycles. The predicted molar refractivity (Wildman–Crippen MR) is 95.5 cm³/mol. The van der Waals surface area contributed by atoms with E-state index in [9.17, 15) is 18.0 Å². The van der Waals surface area contributed by atoms with Gasteiger partial charge in [-0.1, -0.05) is 30.3 Å². The number of alkyl halides is 3. The van der Waals surface area contributed by atoms with Crippen molar-refractivity contribution < 1.29 is 18.0 Å². The van der Waals surface area contributed by atoms with Crippen molar-refractivity contribution in [3.05, 3.63) is 65.2 Å². The average Bonchev–Trinajstić information content (AvgIpc) is 3.17. The van der Waals surface area contributed by atoms with Crippen molar-refractivity contribution in [1.82, 2.24) is 5.32 Å². The lowest BCUT2D eigenvalue weighted by molar-refractivity contribution is -0.137. The van der Waals surface area contributed by atoms with E-state index in [4.69, 9.17) is 0 Å². The third kappa shape index (κ3) is 2.87. The first kappa shape index (κ1) is 18.7. The standard InChI is InChI=1S/C19H17F3N2O.ClH/c20-19(21,22)14-7-5-13(6-8-14)11-24-16-4-2-1-3-15(16)18(17(24)25)9-10-23-12-18;/h1-8,23H,9-12H2;1H. The highest BCUT2D eigenvalue weighted by atomic mass is 35.5. The first-order valence-electron chi connectivity index (χ1n) is 8.20. The fourth-order valence-corrected chi connectivity index (χ4v) is 3.84. The summed E-state index contributed by atoms with van der Waals surface area (Å²) in [5.74, 6) is 0.0265. The Morgan fingerprint density at radius 2 is 1.77 bits per heavy atom. The van der Waals surface area contributed by atoms with Crippen LogP contribution in [0.15, 0.2) is 48.5 Å². The van der Waals surface area contributed by atoms with Crippen molar-refractivity contribution >= 4 is 24.0 Å². The van der Waals surface area contributed by atoms with Crippen molar-refractivity contribution in [2.45, 2.75) is 24.6 Å². The molecule has 1 spiro atoms. The number of carbonyl (C=O) groups is 1. The summed E-state index contributed by atoms with van der Waals surface area (Å²) in [7, 11) is 0. The van der Waals surface area contributed by atoms with Gasteiger partial charge < -0.3 is 10.2 Å². The molecule has 1 amide bonds. The van der Waals surface area contributed by atoms with Gasteiger partial charge in [0, 0.05) is 12.2 Å². The van der Waals surface area contributed by atoms with Gasteiger partial charge in [0.15, 0.2) is 0 Å². The molecular formula is C19H18ClF3N2O. The molecule has 0 bridgehead atoms. The second-order valence-corrected chi connectivity index (χ2v) is 6.61. The quantitative estimate of drug-likeness (QED) is 0.854. The van der Waals surface area contributed by atoms with Gasteiger partial charge in [-0.2, -0.15) is 13.2 Å². The van der Waals surface area contributed by atoms with Crippen LogP contribution in [0.2, 0.25) is 0 Å². The fraction of sp³-hybridized carbons (Fsp3) is 0.316. The first-order chi connectivity index (χ1) is 11.9. The van der Waals surface area contributed by atoms with E-state index in [1.807, 2.05) is 24.3 Å².